The van der Waals surface area contributed by atoms with Crippen molar-refractivity contribution in [1.29, 1.82) is 0 Å². The van der Waals surface area contributed by atoms with Crippen LogP contribution in [-0.4, -0.2) is 137 Å². The zero-order valence-electron chi connectivity index (χ0n) is 50.9. The van der Waals surface area contributed by atoms with Crippen LogP contribution in [-0.2, 0) is 19.1 Å². The number of primary amides is 3. The summed E-state index contributed by atoms with van der Waals surface area (Å²) >= 11 is 0. The molecule has 3 aliphatic rings. The predicted molar refractivity (Wildman–Crippen MR) is 340 cm³/mol. The Morgan fingerprint density at radius 1 is 0.451 bits per heavy atom. The molecule has 0 spiro atoms. The number of aromatic nitrogens is 6. The Morgan fingerprint density at radius 3 is 0.978 bits per heavy atom. The van der Waals surface area contributed by atoms with Crippen molar-refractivity contribution in [3.8, 4) is 17.2 Å². The second-order valence-corrected chi connectivity index (χ2v) is 22.7. The van der Waals surface area contributed by atoms with Crippen molar-refractivity contribution >= 4 is 88.0 Å². The summed E-state index contributed by atoms with van der Waals surface area (Å²) in [5, 5.41) is 36.3. The molecule has 0 bridgehead atoms. The lowest BCUT2D eigenvalue weighted by molar-refractivity contribution is -0.157. The van der Waals surface area contributed by atoms with Crippen molar-refractivity contribution in [2.75, 3.05) is 51.7 Å². The van der Waals surface area contributed by atoms with Crippen molar-refractivity contribution in [1.82, 2.24) is 29.9 Å². The molecule has 3 amide bonds. The number of esters is 1. The minimum Gasteiger partial charge on any atom is -0.482 e. The van der Waals surface area contributed by atoms with E-state index >= 15 is 0 Å². The quantitative estimate of drug-likeness (QED) is 0.0325. The van der Waals surface area contributed by atoms with Gasteiger partial charge in [-0.1, -0.05) is 38.5 Å². The Hall–Kier alpha value is -10.2. The van der Waals surface area contributed by atoms with E-state index in [2.05, 4.69) is 61.8 Å². The number of hydrogen-bond acceptors (Lipinski definition) is 25. The van der Waals surface area contributed by atoms with Gasteiger partial charge < -0.3 is 95.5 Å². The van der Waals surface area contributed by atoms with E-state index in [1.807, 2.05) is 0 Å². The van der Waals surface area contributed by atoms with Gasteiger partial charge in [-0.2, -0.15) is 15.0 Å². The number of amides is 3. The number of carbonyl (C=O) groups excluding carboxylic acids is 4. The molecule has 0 radical (unpaired) electrons. The number of benzene rings is 3. The fraction of sp³-hybridized carbons (Fsp3) is 0.410. The normalized spacial score (nSPS) is 18.5. The number of carboxylic acid groups (broad SMARTS) is 2. The van der Waals surface area contributed by atoms with Crippen molar-refractivity contribution in [3.05, 3.63) is 108 Å². The highest BCUT2D eigenvalue weighted by Crippen LogP contribution is 2.29. The standard InChI is InChI=1S/C23H32N6O4.2C19H24N6O4/c1-23(2,3)33-19(30)13-32-15-10-8-14(9-11-15)27-21-16(20(25)31)12-26-22(29-21)28-18-7-5-4-6-17(18)24;2*20-14-3-1-2-4-15(14)24-19-22-9-13(17(21)28)18(25-19)23-11-5-7-12(8-6-11)29-10-16(26)27/h8-12,17-18H,4-7,13,24H2,1-3H3,(H2,25,31)(H2,26,27,28,29);2*5-9,14-15H,1-4,10,20H2,(H2,21,28)(H,26,27)(H2,22,23,24,25)/t17-,18+;2*14-,15+/m000/s1. The highest BCUT2D eigenvalue weighted by Gasteiger charge is 2.27. The van der Waals surface area contributed by atoms with E-state index in [0.29, 0.717) is 52.2 Å². The number of carbonyl (C=O) groups is 6. The molecule has 6 atom stereocenters. The fourth-order valence-corrected chi connectivity index (χ4v) is 9.81. The van der Waals surface area contributed by atoms with Gasteiger partial charge in [0.1, 0.15) is 57.0 Å². The van der Waals surface area contributed by atoms with Crippen LogP contribution in [0.5, 0.6) is 17.2 Å². The van der Waals surface area contributed by atoms with Gasteiger partial charge in [-0.15, -0.1) is 0 Å². The third-order valence-corrected chi connectivity index (χ3v) is 14.4. The maximum Gasteiger partial charge on any atom is 0.344 e. The molecule has 3 aliphatic carbocycles. The number of nitrogens with zero attached hydrogens (tertiary/aromatic N) is 6. The molecule has 3 aromatic carbocycles. The van der Waals surface area contributed by atoms with Gasteiger partial charge in [0.05, 0.1) is 0 Å². The van der Waals surface area contributed by atoms with E-state index in [4.69, 9.17) is 63.6 Å². The monoisotopic (exact) mass is 1260 g/mol. The van der Waals surface area contributed by atoms with E-state index < -0.39 is 54.4 Å². The molecule has 30 heteroatoms. The van der Waals surface area contributed by atoms with Gasteiger partial charge >= 0.3 is 17.9 Å². The third-order valence-electron chi connectivity index (χ3n) is 14.4. The molecule has 0 aliphatic heterocycles. The summed E-state index contributed by atoms with van der Waals surface area (Å²) in [5.41, 5.74) is 36.7. The molecule has 91 heavy (non-hydrogen) atoms. The Morgan fingerprint density at radius 2 is 0.725 bits per heavy atom. The van der Waals surface area contributed by atoms with Crippen LogP contribution >= 0.6 is 0 Å². The number of nitrogens with two attached hydrogens (primary N) is 6. The first kappa shape index (κ1) is 68.3. The molecule has 3 heterocycles. The number of ether oxygens (including phenoxy) is 4. The van der Waals surface area contributed by atoms with Crippen LogP contribution in [0.2, 0.25) is 0 Å². The van der Waals surface area contributed by atoms with Crippen LogP contribution in [0.3, 0.4) is 0 Å². The molecule has 0 saturated heterocycles. The average Bonchev–Trinajstić information content (AvgIpc) is 1.15. The first-order chi connectivity index (χ1) is 43.4. The van der Waals surface area contributed by atoms with Crippen LogP contribution < -0.4 is 80.5 Å². The van der Waals surface area contributed by atoms with Crippen molar-refractivity contribution in [2.45, 2.75) is 140 Å². The molecule has 0 unspecified atom stereocenters. The summed E-state index contributed by atoms with van der Waals surface area (Å²) in [6.45, 7) is 4.34. The van der Waals surface area contributed by atoms with E-state index in [1.165, 1.54) is 18.6 Å². The second kappa shape index (κ2) is 32.9. The van der Waals surface area contributed by atoms with Gasteiger partial charge in [0.2, 0.25) is 17.8 Å². The van der Waals surface area contributed by atoms with Gasteiger partial charge in [0.25, 0.3) is 17.7 Å². The summed E-state index contributed by atoms with van der Waals surface area (Å²) in [6.07, 6.45) is 16.4. The minimum atomic E-state index is -1.06. The van der Waals surface area contributed by atoms with Gasteiger partial charge in [0.15, 0.2) is 19.8 Å². The smallest absolute Gasteiger partial charge is 0.344 e. The van der Waals surface area contributed by atoms with Crippen molar-refractivity contribution in [3.63, 3.8) is 0 Å². The molecular formula is C61H80N18O12. The maximum atomic E-state index is 11.9. The molecule has 30 nitrogen and oxygen atoms in total. The summed E-state index contributed by atoms with van der Waals surface area (Å²) in [7, 11) is 0. The molecule has 9 rings (SSSR count). The molecule has 3 saturated carbocycles. The third kappa shape index (κ3) is 22.1. The van der Waals surface area contributed by atoms with Crippen LogP contribution in [0.1, 0.15) is 129 Å². The molecule has 486 valence electrons. The highest BCUT2D eigenvalue weighted by atomic mass is 16.6. The van der Waals surface area contributed by atoms with Crippen LogP contribution in [0, 0.1) is 0 Å². The highest BCUT2D eigenvalue weighted by molar-refractivity contribution is 5.99. The first-order valence-electron chi connectivity index (χ1n) is 29.7. The summed E-state index contributed by atoms with van der Waals surface area (Å²) in [6, 6.07) is 20.3. The van der Waals surface area contributed by atoms with Crippen molar-refractivity contribution in [2.24, 2.45) is 34.4 Å². The maximum absolute atomic E-state index is 11.9. The number of aliphatic carboxylic acids is 2. The molecule has 20 N–H and O–H groups in total. The Labute approximate surface area is 525 Å². The van der Waals surface area contributed by atoms with Crippen LogP contribution in [0.15, 0.2) is 91.4 Å². The summed E-state index contributed by atoms with van der Waals surface area (Å²) in [4.78, 5) is 94.2. The van der Waals surface area contributed by atoms with Gasteiger partial charge in [0, 0.05) is 71.9 Å². The zero-order valence-corrected chi connectivity index (χ0v) is 50.9. The van der Waals surface area contributed by atoms with Gasteiger partial charge in [-0.05, 0) is 132 Å². The predicted octanol–water partition coefficient (Wildman–Crippen LogP) is 5.65. The number of nitrogens with one attached hydrogen (secondary N) is 6. The number of rotatable bonds is 24. The average molecular weight is 1260 g/mol. The molecular weight excluding hydrogens is 1180 g/mol. The second-order valence-electron chi connectivity index (χ2n) is 22.7. The van der Waals surface area contributed by atoms with Gasteiger partial charge in [-0.25, -0.2) is 29.3 Å². The lowest BCUT2D eigenvalue weighted by atomic mass is 9.91. The first-order valence-corrected chi connectivity index (χ1v) is 29.7. The van der Waals surface area contributed by atoms with Crippen LogP contribution in [0.4, 0.5) is 52.4 Å². The Bertz CT molecular complexity index is 3290. The van der Waals surface area contributed by atoms with E-state index in [-0.39, 0.29) is 77.0 Å². The lowest BCUT2D eigenvalue weighted by Crippen LogP contribution is -2.43. The van der Waals surface area contributed by atoms with Gasteiger partial charge in [-0.3, -0.25) is 14.4 Å². The van der Waals surface area contributed by atoms with Crippen LogP contribution in [0.25, 0.3) is 0 Å². The molecule has 6 aromatic rings. The zero-order chi connectivity index (χ0) is 65.6. The van der Waals surface area contributed by atoms with E-state index in [9.17, 15) is 28.8 Å². The lowest BCUT2D eigenvalue weighted by Gasteiger charge is -2.29. The number of anilines is 9. The number of carboxylic acids is 2. The van der Waals surface area contributed by atoms with E-state index in [0.717, 1.165) is 77.0 Å². The fourth-order valence-electron chi connectivity index (χ4n) is 9.81. The minimum absolute atomic E-state index is 0.0259. The largest absolute Gasteiger partial charge is 0.482 e. The summed E-state index contributed by atoms with van der Waals surface area (Å²) < 4.78 is 20.9. The molecule has 3 aromatic heterocycles. The topological polar surface area (TPSA) is 485 Å². The number of hydrogen-bond donors (Lipinski definition) is 14. The SMILES string of the molecule is CC(C)(C)OC(=O)COc1ccc(Nc2nc(N[C@@H]3CCCC[C@@H]3N)ncc2C(N)=O)cc1.NC(=O)c1cnc(N[C@@H]2CCCC[C@@H]2N)nc1Nc1ccc(OCC(=O)O)cc1.NC(=O)c1cnc(N[C@@H]2CCCC[C@@H]2N)nc1Nc1ccc(OCC(=O)O)cc1. The Kier molecular flexibility index (Phi) is 24.7. The Balaban J connectivity index is 0.000000194. The van der Waals surface area contributed by atoms with E-state index in [1.54, 1.807) is 93.6 Å². The molecule has 3 fully saturated rings. The van der Waals surface area contributed by atoms with Crippen molar-refractivity contribution < 1.29 is 57.9 Å². The summed E-state index contributed by atoms with van der Waals surface area (Å²) in [5.74, 6) is -1.30.